The third kappa shape index (κ3) is 5.23. The van der Waals surface area contributed by atoms with Gasteiger partial charge in [0.15, 0.2) is 0 Å². The van der Waals surface area contributed by atoms with Gasteiger partial charge in [-0.25, -0.2) is 4.39 Å². The number of likely N-dealkylation sites (tertiary alicyclic amines) is 1. The largest absolute Gasteiger partial charge is 0.352 e. The monoisotopic (exact) mass is 428 g/mol. The second-order valence-corrected chi connectivity index (χ2v) is 7.85. The standard InChI is InChI=1S/C22H22ClFN4O2/c23-18-5-3-16(4-6-18)21-26-20(30-27-21)14-28-11-9-17(10-12-28)22(29)25-13-15-1-7-19(24)8-2-15/h1-8,17H,9-14H2,(H,25,29). The zero-order chi connectivity index (χ0) is 20.9. The van der Waals surface area contributed by atoms with Gasteiger partial charge < -0.3 is 9.84 Å². The van der Waals surface area contributed by atoms with Gasteiger partial charge >= 0.3 is 0 Å². The van der Waals surface area contributed by atoms with Crippen LogP contribution in [0.4, 0.5) is 4.39 Å². The lowest BCUT2D eigenvalue weighted by atomic mass is 9.96. The Hall–Kier alpha value is -2.77. The zero-order valence-corrected chi connectivity index (χ0v) is 17.1. The van der Waals surface area contributed by atoms with Crippen LogP contribution in [0.15, 0.2) is 53.1 Å². The van der Waals surface area contributed by atoms with Gasteiger partial charge in [0.2, 0.25) is 17.6 Å². The number of hydrogen-bond donors (Lipinski definition) is 1. The first-order chi connectivity index (χ1) is 14.6. The van der Waals surface area contributed by atoms with Crippen LogP contribution in [-0.4, -0.2) is 34.0 Å². The van der Waals surface area contributed by atoms with E-state index in [1.54, 1.807) is 24.3 Å². The van der Waals surface area contributed by atoms with Gasteiger partial charge in [-0.3, -0.25) is 9.69 Å². The van der Waals surface area contributed by atoms with Crippen LogP contribution in [0.25, 0.3) is 11.4 Å². The van der Waals surface area contributed by atoms with Crippen LogP contribution in [0, 0.1) is 11.7 Å². The summed E-state index contributed by atoms with van der Waals surface area (Å²) in [7, 11) is 0. The van der Waals surface area contributed by atoms with Crippen molar-refractivity contribution in [2.45, 2.75) is 25.9 Å². The minimum atomic E-state index is -0.279. The zero-order valence-electron chi connectivity index (χ0n) is 16.4. The number of piperidine rings is 1. The van der Waals surface area contributed by atoms with Gasteiger partial charge in [0.25, 0.3) is 0 Å². The highest BCUT2D eigenvalue weighted by Gasteiger charge is 2.25. The highest BCUT2D eigenvalue weighted by atomic mass is 35.5. The number of nitrogens with one attached hydrogen (secondary N) is 1. The molecule has 6 nitrogen and oxygen atoms in total. The molecule has 4 rings (SSSR count). The van der Waals surface area contributed by atoms with Crippen molar-refractivity contribution in [1.29, 1.82) is 0 Å². The molecule has 30 heavy (non-hydrogen) atoms. The maximum atomic E-state index is 13.0. The summed E-state index contributed by atoms with van der Waals surface area (Å²) in [6, 6.07) is 13.4. The highest BCUT2D eigenvalue weighted by molar-refractivity contribution is 6.30. The first kappa shape index (κ1) is 20.5. The Morgan fingerprint density at radius 2 is 1.83 bits per heavy atom. The van der Waals surface area contributed by atoms with E-state index in [4.69, 9.17) is 16.1 Å². The van der Waals surface area contributed by atoms with E-state index in [1.807, 2.05) is 12.1 Å². The average Bonchev–Trinajstić information content (AvgIpc) is 3.22. The third-order valence-electron chi connectivity index (χ3n) is 5.27. The third-order valence-corrected chi connectivity index (χ3v) is 5.52. The predicted molar refractivity (Wildman–Crippen MR) is 111 cm³/mol. The lowest BCUT2D eigenvalue weighted by Crippen LogP contribution is -2.40. The SMILES string of the molecule is O=C(NCc1ccc(F)cc1)C1CCN(Cc2nc(-c3ccc(Cl)cc3)no2)CC1. The fourth-order valence-electron chi connectivity index (χ4n) is 3.52. The molecule has 0 radical (unpaired) electrons. The van der Waals surface area contributed by atoms with Crippen molar-refractivity contribution in [1.82, 2.24) is 20.4 Å². The van der Waals surface area contributed by atoms with E-state index in [2.05, 4.69) is 20.4 Å². The number of halogens is 2. The second kappa shape index (κ2) is 9.36. The van der Waals surface area contributed by atoms with Crippen molar-refractivity contribution in [2.75, 3.05) is 13.1 Å². The Labute approximate surface area is 179 Å². The predicted octanol–water partition coefficient (Wildman–Crippen LogP) is 4.06. The van der Waals surface area contributed by atoms with Crippen molar-refractivity contribution >= 4 is 17.5 Å². The molecule has 1 aliphatic rings. The molecule has 1 saturated heterocycles. The van der Waals surface area contributed by atoms with Crippen LogP contribution in [0.3, 0.4) is 0 Å². The van der Waals surface area contributed by atoms with E-state index >= 15 is 0 Å². The lowest BCUT2D eigenvalue weighted by Gasteiger charge is -2.30. The van der Waals surface area contributed by atoms with Gasteiger partial charge in [0.1, 0.15) is 5.82 Å². The maximum Gasteiger partial charge on any atom is 0.241 e. The molecule has 156 valence electrons. The number of rotatable bonds is 6. The summed E-state index contributed by atoms with van der Waals surface area (Å²) in [4.78, 5) is 19.1. The van der Waals surface area contributed by atoms with Crippen LogP contribution < -0.4 is 5.32 Å². The highest BCUT2D eigenvalue weighted by Crippen LogP contribution is 2.22. The summed E-state index contributed by atoms with van der Waals surface area (Å²) in [5.41, 5.74) is 1.74. The molecule has 1 amide bonds. The van der Waals surface area contributed by atoms with Crippen LogP contribution in [0.1, 0.15) is 24.3 Å². The van der Waals surface area contributed by atoms with Gasteiger partial charge in [-0.2, -0.15) is 4.98 Å². The molecule has 0 saturated carbocycles. The topological polar surface area (TPSA) is 71.3 Å². The van der Waals surface area contributed by atoms with Crippen LogP contribution in [-0.2, 0) is 17.9 Å². The van der Waals surface area contributed by atoms with Crippen LogP contribution >= 0.6 is 11.6 Å². The summed E-state index contributed by atoms with van der Waals surface area (Å²) in [5.74, 6) is 0.839. The van der Waals surface area contributed by atoms with Gasteiger partial charge in [-0.05, 0) is 67.9 Å². The molecule has 8 heteroatoms. The van der Waals surface area contributed by atoms with Crippen molar-refractivity contribution < 1.29 is 13.7 Å². The average molecular weight is 429 g/mol. The first-order valence-corrected chi connectivity index (χ1v) is 10.3. The Morgan fingerprint density at radius 3 is 2.53 bits per heavy atom. The number of aromatic nitrogens is 2. The van der Waals surface area contributed by atoms with Crippen molar-refractivity contribution in [3.8, 4) is 11.4 Å². The van der Waals surface area contributed by atoms with E-state index < -0.39 is 0 Å². The minimum absolute atomic E-state index is 0.0194. The van der Waals surface area contributed by atoms with E-state index in [9.17, 15) is 9.18 Å². The lowest BCUT2D eigenvalue weighted by molar-refractivity contribution is -0.126. The molecule has 0 atom stereocenters. The second-order valence-electron chi connectivity index (χ2n) is 7.41. The minimum Gasteiger partial charge on any atom is -0.352 e. The molecule has 3 aromatic rings. The molecule has 1 fully saturated rings. The summed E-state index contributed by atoms with van der Waals surface area (Å²) >= 11 is 5.91. The number of benzene rings is 2. The molecule has 0 aliphatic carbocycles. The fraction of sp³-hybridized carbons (Fsp3) is 0.318. The Morgan fingerprint density at radius 1 is 1.13 bits per heavy atom. The van der Waals surface area contributed by atoms with Gasteiger partial charge in [0, 0.05) is 23.0 Å². The molecule has 1 aromatic heterocycles. The molecular weight excluding hydrogens is 407 g/mol. The Kier molecular flexibility index (Phi) is 6.40. The summed E-state index contributed by atoms with van der Waals surface area (Å²) in [6.07, 6.45) is 1.54. The van der Waals surface area contributed by atoms with Crippen molar-refractivity contribution in [3.05, 3.63) is 70.8 Å². The molecule has 1 N–H and O–H groups in total. The molecular formula is C22H22ClFN4O2. The molecule has 2 heterocycles. The number of carbonyl (C=O) groups excluding carboxylic acids is 1. The van der Waals surface area contributed by atoms with Crippen LogP contribution in [0.5, 0.6) is 0 Å². The van der Waals surface area contributed by atoms with E-state index in [0.29, 0.717) is 29.8 Å². The Bertz CT molecular complexity index is 983. The molecule has 2 aromatic carbocycles. The molecule has 1 aliphatic heterocycles. The number of nitrogens with zero attached hydrogens (tertiary/aromatic N) is 3. The molecule has 0 spiro atoms. The number of amides is 1. The first-order valence-electron chi connectivity index (χ1n) is 9.90. The van der Waals surface area contributed by atoms with Crippen molar-refractivity contribution in [2.24, 2.45) is 5.92 Å². The molecule has 0 unspecified atom stereocenters. The van der Waals surface area contributed by atoms with Crippen molar-refractivity contribution in [3.63, 3.8) is 0 Å². The Balaban J connectivity index is 1.24. The summed E-state index contributed by atoms with van der Waals surface area (Å²) in [5, 5.41) is 7.65. The quantitative estimate of drug-likeness (QED) is 0.641. The smallest absolute Gasteiger partial charge is 0.241 e. The number of hydrogen-bond acceptors (Lipinski definition) is 5. The van der Waals surface area contributed by atoms with Gasteiger partial charge in [-0.1, -0.05) is 28.9 Å². The van der Waals surface area contributed by atoms with E-state index in [1.165, 1.54) is 12.1 Å². The van der Waals surface area contributed by atoms with E-state index in [-0.39, 0.29) is 17.6 Å². The molecule has 0 bridgehead atoms. The normalized spacial score (nSPS) is 15.3. The van der Waals surface area contributed by atoms with Crippen LogP contribution in [0.2, 0.25) is 5.02 Å². The maximum absolute atomic E-state index is 13.0. The number of carbonyl (C=O) groups is 1. The summed E-state index contributed by atoms with van der Waals surface area (Å²) < 4.78 is 18.3. The summed E-state index contributed by atoms with van der Waals surface area (Å²) in [6.45, 7) is 2.54. The fourth-order valence-corrected chi connectivity index (χ4v) is 3.64. The van der Waals surface area contributed by atoms with Gasteiger partial charge in [0.05, 0.1) is 6.54 Å². The van der Waals surface area contributed by atoms with Gasteiger partial charge in [-0.15, -0.1) is 0 Å². The van der Waals surface area contributed by atoms with E-state index in [0.717, 1.165) is 37.1 Å².